The molecular weight excluding hydrogens is 199 g/mol. The number of urea groups is 1. The van der Waals surface area contributed by atoms with E-state index in [0.717, 1.165) is 0 Å². The second-order valence-corrected chi connectivity index (χ2v) is 3.63. The molecule has 5 heteroatoms. The van der Waals surface area contributed by atoms with Crippen LogP contribution in [-0.2, 0) is 0 Å². The Morgan fingerprint density at radius 2 is 2.40 bits per heavy atom. The normalized spacial score (nSPS) is 22.9. The fourth-order valence-electron chi connectivity index (χ4n) is 1.97. The van der Waals surface area contributed by atoms with E-state index < -0.39 is 0 Å². The van der Waals surface area contributed by atoms with Gasteiger partial charge in [0, 0.05) is 12.6 Å². The van der Waals surface area contributed by atoms with Gasteiger partial charge in [-0.1, -0.05) is 0 Å². The van der Waals surface area contributed by atoms with Crippen LogP contribution in [0.15, 0.2) is 18.2 Å². The summed E-state index contributed by atoms with van der Waals surface area (Å²) in [4.78, 5) is 13.1. The number of fused-ring (bicyclic) bond motifs is 3. The lowest BCUT2D eigenvalue weighted by molar-refractivity contribution is 0.245. The molecular formula is C10H9FN2O2. The number of nitrogens with zero attached hydrogens (tertiary/aromatic N) is 1. The molecule has 1 saturated heterocycles. The smallest absolute Gasteiger partial charge is 0.322 e. The molecule has 1 fully saturated rings. The minimum atomic E-state index is -0.363. The van der Waals surface area contributed by atoms with Crippen molar-refractivity contribution in [2.24, 2.45) is 0 Å². The summed E-state index contributed by atoms with van der Waals surface area (Å²) in [6.07, 6.45) is 0. The van der Waals surface area contributed by atoms with Crippen LogP contribution in [0.2, 0.25) is 0 Å². The van der Waals surface area contributed by atoms with Crippen molar-refractivity contribution in [1.29, 1.82) is 0 Å². The van der Waals surface area contributed by atoms with Gasteiger partial charge >= 0.3 is 6.03 Å². The third-order valence-electron chi connectivity index (χ3n) is 2.68. The Bertz CT molecular complexity index is 435. The molecule has 15 heavy (non-hydrogen) atoms. The Hall–Kier alpha value is -1.78. The van der Waals surface area contributed by atoms with Crippen molar-refractivity contribution in [1.82, 2.24) is 5.32 Å². The van der Waals surface area contributed by atoms with Crippen molar-refractivity contribution in [2.75, 3.05) is 18.1 Å². The maximum Gasteiger partial charge on any atom is 0.322 e. The zero-order valence-electron chi connectivity index (χ0n) is 7.87. The van der Waals surface area contributed by atoms with Crippen LogP contribution in [0.1, 0.15) is 0 Å². The lowest BCUT2D eigenvalue weighted by Gasteiger charge is -2.30. The van der Waals surface area contributed by atoms with Gasteiger partial charge in [-0.25, -0.2) is 9.18 Å². The molecule has 0 spiro atoms. The topological polar surface area (TPSA) is 41.6 Å². The van der Waals surface area contributed by atoms with Gasteiger partial charge in [-0.15, -0.1) is 0 Å². The zero-order valence-corrected chi connectivity index (χ0v) is 7.87. The highest BCUT2D eigenvalue weighted by molar-refractivity contribution is 5.97. The number of carbonyl (C=O) groups is 1. The third kappa shape index (κ3) is 1.16. The van der Waals surface area contributed by atoms with Crippen LogP contribution >= 0.6 is 0 Å². The monoisotopic (exact) mass is 208 g/mol. The van der Waals surface area contributed by atoms with Crippen LogP contribution < -0.4 is 15.0 Å². The summed E-state index contributed by atoms with van der Waals surface area (Å²) >= 11 is 0. The van der Waals surface area contributed by atoms with Crippen LogP contribution in [0.5, 0.6) is 5.75 Å². The first-order valence-corrected chi connectivity index (χ1v) is 4.75. The summed E-state index contributed by atoms with van der Waals surface area (Å²) < 4.78 is 18.5. The summed E-state index contributed by atoms with van der Waals surface area (Å²) in [6.45, 7) is 1.01. The molecule has 1 aromatic rings. The molecule has 3 rings (SSSR count). The van der Waals surface area contributed by atoms with Crippen molar-refractivity contribution < 1.29 is 13.9 Å². The van der Waals surface area contributed by atoms with E-state index in [1.165, 1.54) is 12.1 Å². The summed E-state index contributed by atoms with van der Waals surface area (Å²) in [5.41, 5.74) is 0.515. The number of ether oxygens (including phenoxy) is 1. The zero-order chi connectivity index (χ0) is 10.4. The van der Waals surface area contributed by atoms with Gasteiger partial charge in [0.05, 0.1) is 11.7 Å². The van der Waals surface area contributed by atoms with Gasteiger partial charge in [0.25, 0.3) is 0 Å². The van der Waals surface area contributed by atoms with Gasteiger partial charge in [-0.3, -0.25) is 4.90 Å². The Morgan fingerprint density at radius 3 is 3.27 bits per heavy atom. The molecule has 2 aliphatic rings. The highest BCUT2D eigenvalue weighted by Crippen LogP contribution is 2.35. The lowest BCUT2D eigenvalue weighted by atomic mass is 10.2. The second-order valence-electron chi connectivity index (χ2n) is 3.63. The molecule has 1 unspecified atom stereocenters. The third-order valence-corrected chi connectivity index (χ3v) is 2.68. The number of rotatable bonds is 0. The van der Waals surface area contributed by atoms with Crippen molar-refractivity contribution in [2.45, 2.75) is 6.04 Å². The Morgan fingerprint density at radius 1 is 1.53 bits per heavy atom. The van der Waals surface area contributed by atoms with E-state index in [-0.39, 0.29) is 17.9 Å². The quantitative estimate of drug-likeness (QED) is 0.694. The fraction of sp³-hybridized carbons (Fsp3) is 0.300. The summed E-state index contributed by atoms with van der Waals surface area (Å²) in [5, 5.41) is 2.71. The Labute approximate surface area is 85.6 Å². The minimum absolute atomic E-state index is 0.0215. The van der Waals surface area contributed by atoms with Gasteiger partial charge in [0.1, 0.15) is 18.2 Å². The number of nitrogens with one attached hydrogen (secondary N) is 1. The van der Waals surface area contributed by atoms with E-state index in [4.69, 9.17) is 4.74 Å². The van der Waals surface area contributed by atoms with Gasteiger partial charge in [0.2, 0.25) is 0 Å². The van der Waals surface area contributed by atoms with E-state index in [1.807, 2.05) is 0 Å². The first-order chi connectivity index (χ1) is 7.25. The summed E-state index contributed by atoms with van der Waals surface area (Å²) in [6, 6.07) is 3.99. The van der Waals surface area contributed by atoms with Crippen molar-refractivity contribution in [3.63, 3.8) is 0 Å². The first kappa shape index (κ1) is 8.52. The molecule has 4 nitrogen and oxygen atoms in total. The number of hydrogen-bond acceptors (Lipinski definition) is 2. The molecule has 2 amide bonds. The van der Waals surface area contributed by atoms with Crippen molar-refractivity contribution >= 4 is 11.7 Å². The summed E-state index contributed by atoms with van der Waals surface area (Å²) in [7, 11) is 0. The van der Waals surface area contributed by atoms with E-state index in [0.29, 0.717) is 24.6 Å². The lowest BCUT2D eigenvalue weighted by Crippen LogP contribution is -2.41. The van der Waals surface area contributed by atoms with Gasteiger partial charge in [-0.2, -0.15) is 0 Å². The van der Waals surface area contributed by atoms with Crippen LogP contribution in [0.4, 0.5) is 14.9 Å². The molecule has 0 bridgehead atoms. The molecule has 1 aromatic carbocycles. The Kier molecular flexibility index (Phi) is 1.62. The van der Waals surface area contributed by atoms with E-state index in [9.17, 15) is 9.18 Å². The largest absolute Gasteiger partial charge is 0.489 e. The number of anilines is 1. The molecule has 0 saturated carbocycles. The van der Waals surface area contributed by atoms with Gasteiger partial charge in [-0.05, 0) is 12.1 Å². The standard InChI is InChI=1S/C10H9FN2O2/c11-6-1-2-9-8(3-6)13-7(5-15-9)4-12-10(13)14/h1-3,7H,4-5H2,(H,12,14). The number of carbonyl (C=O) groups excluding carboxylic acids is 1. The molecule has 1 N–H and O–H groups in total. The molecule has 2 heterocycles. The highest BCUT2D eigenvalue weighted by Gasteiger charge is 2.37. The maximum atomic E-state index is 13.1. The summed E-state index contributed by atoms with van der Waals surface area (Å²) in [5.74, 6) is 0.197. The van der Waals surface area contributed by atoms with E-state index >= 15 is 0 Å². The average Bonchev–Trinajstić information content (AvgIpc) is 2.60. The van der Waals surface area contributed by atoms with Crippen LogP contribution in [0.25, 0.3) is 0 Å². The number of halogens is 1. The predicted molar refractivity (Wildman–Crippen MR) is 51.6 cm³/mol. The fourth-order valence-corrected chi connectivity index (χ4v) is 1.97. The molecule has 0 radical (unpaired) electrons. The first-order valence-electron chi connectivity index (χ1n) is 4.75. The van der Waals surface area contributed by atoms with Gasteiger partial charge < -0.3 is 10.1 Å². The van der Waals surface area contributed by atoms with Crippen LogP contribution in [0.3, 0.4) is 0 Å². The van der Waals surface area contributed by atoms with E-state index in [1.54, 1.807) is 11.0 Å². The Balaban J connectivity index is 2.12. The maximum absolute atomic E-state index is 13.1. The number of amides is 2. The minimum Gasteiger partial charge on any atom is -0.489 e. The second kappa shape index (κ2) is 2.85. The molecule has 0 aliphatic carbocycles. The van der Waals surface area contributed by atoms with Crippen molar-refractivity contribution in [3.8, 4) is 5.75 Å². The van der Waals surface area contributed by atoms with Crippen molar-refractivity contribution in [3.05, 3.63) is 24.0 Å². The highest BCUT2D eigenvalue weighted by atomic mass is 19.1. The predicted octanol–water partition coefficient (Wildman–Crippen LogP) is 1.12. The van der Waals surface area contributed by atoms with E-state index in [2.05, 4.69) is 5.32 Å². The van der Waals surface area contributed by atoms with Crippen LogP contribution in [0, 0.1) is 5.82 Å². The molecule has 1 atom stereocenters. The SMILES string of the molecule is O=C1NCC2COc3ccc(F)cc3N12. The molecule has 78 valence electrons. The average molecular weight is 208 g/mol. The molecule has 0 aromatic heterocycles. The van der Waals surface area contributed by atoms with Crippen LogP contribution in [-0.4, -0.2) is 25.2 Å². The number of benzene rings is 1. The van der Waals surface area contributed by atoms with Gasteiger partial charge in [0.15, 0.2) is 0 Å². The molecule has 2 aliphatic heterocycles. The number of hydrogen-bond donors (Lipinski definition) is 1.